The summed E-state index contributed by atoms with van der Waals surface area (Å²) >= 11 is 0. The third-order valence-electron chi connectivity index (χ3n) is 4.07. The van der Waals surface area contributed by atoms with Crippen molar-refractivity contribution in [3.63, 3.8) is 0 Å². The highest BCUT2D eigenvalue weighted by Gasteiger charge is 2.04. The maximum absolute atomic E-state index is 5.75. The van der Waals surface area contributed by atoms with Gasteiger partial charge in [-0.1, -0.05) is 42.5 Å². The fourth-order valence-electron chi connectivity index (χ4n) is 2.94. The molecule has 0 atom stereocenters. The summed E-state index contributed by atoms with van der Waals surface area (Å²) in [5, 5.41) is 9.00. The van der Waals surface area contributed by atoms with E-state index in [-0.39, 0.29) is 6.10 Å². The van der Waals surface area contributed by atoms with Crippen LogP contribution in [0.25, 0.3) is 32.3 Å². The van der Waals surface area contributed by atoms with Crippen LogP contribution in [-0.2, 0) is 4.43 Å². The SMILES string of the molecule is CC(C)O[Si]c1ccc2cc3cc4ccccc4cc3cc2c1. The Hall–Kier alpha value is -2.16. The molecule has 0 saturated carbocycles. The second-order valence-corrected chi connectivity index (χ2v) is 7.25. The molecule has 2 radical (unpaired) electrons. The third kappa shape index (κ3) is 2.88. The van der Waals surface area contributed by atoms with E-state index in [9.17, 15) is 0 Å². The number of rotatable bonds is 3. The molecule has 0 heterocycles. The van der Waals surface area contributed by atoms with E-state index in [1.165, 1.54) is 37.5 Å². The fourth-order valence-corrected chi connectivity index (χ4v) is 3.68. The van der Waals surface area contributed by atoms with Gasteiger partial charge in [-0.2, -0.15) is 0 Å². The predicted octanol–water partition coefficient (Wildman–Crippen LogP) is 4.82. The van der Waals surface area contributed by atoms with Gasteiger partial charge in [0.05, 0.1) is 0 Å². The van der Waals surface area contributed by atoms with Crippen LogP contribution in [0.5, 0.6) is 0 Å². The molecule has 0 bridgehead atoms. The molecule has 1 nitrogen and oxygen atoms in total. The number of benzene rings is 4. The molecule has 0 fully saturated rings. The van der Waals surface area contributed by atoms with Gasteiger partial charge in [-0.25, -0.2) is 0 Å². The van der Waals surface area contributed by atoms with Gasteiger partial charge in [-0.15, -0.1) is 0 Å². The van der Waals surface area contributed by atoms with Crippen LogP contribution in [0.4, 0.5) is 0 Å². The van der Waals surface area contributed by atoms with Gasteiger partial charge in [0.1, 0.15) is 0 Å². The van der Waals surface area contributed by atoms with Crippen molar-refractivity contribution in [1.29, 1.82) is 0 Å². The Labute approximate surface area is 138 Å². The molecule has 0 aromatic heterocycles. The minimum absolute atomic E-state index is 0.270. The van der Waals surface area contributed by atoms with Crippen LogP contribution in [0.1, 0.15) is 13.8 Å². The Morgan fingerprint density at radius 3 is 1.78 bits per heavy atom. The van der Waals surface area contributed by atoms with Gasteiger partial charge in [0.25, 0.3) is 9.76 Å². The number of fused-ring (bicyclic) bond motifs is 3. The molecule has 0 spiro atoms. The molecule has 23 heavy (non-hydrogen) atoms. The second kappa shape index (κ2) is 5.80. The monoisotopic (exact) mass is 314 g/mol. The molecular weight excluding hydrogens is 296 g/mol. The highest BCUT2D eigenvalue weighted by molar-refractivity contribution is 6.47. The molecule has 2 heteroatoms. The molecule has 0 aliphatic carbocycles. The van der Waals surface area contributed by atoms with Crippen molar-refractivity contribution in [1.82, 2.24) is 0 Å². The van der Waals surface area contributed by atoms with E-state index in [1.54, 1.807) is 0 Å². The molecule has 0 aliphatic rings. The van der Waals surface area contributed by atoms with Crippen LogP contribution in [0.2, 0.25) is 0 Å². The zero-order chi connectivity index (χ0) is 15.8. The quantitative estimate of drug-likeness (QED) is 0.389. The minimum Gasteiger partial charge on any atom is -0.409 e. The topological polar surface area (TPSA) is 9.23 Å². The van der Waals surface area contributed by atoms with Gasteiger partial charge in [0.15, 0.2) is 0 Å². The van der Waals surface area contributed by atoms with E-state index in [0.717, 1.165) is 0 Å². The molecule has 112 valence electrons. The highest BCUT2D eigenvalue weighted by atomic mass is 28.2. The van der Waals surface area contributed by atoms with Crippen molar-refractivity contribution in [2.75, 3.05) is 0 Å². The minimum atomic E-state index is 0.270. The molecule has 0 unspecified atom stereocenters. The molecule has 4 rings (SSSR count). The van der Waals surface area contributed by atoms with Gasteiger partial charge in [-0.3, -0.25) is 0 Å². The lowest BCUT2D eigenvalue weighted by atomic mass is 10.00. The lowest BCUT2D eigenvalue weighted by Crippen LogP contribution is -2.20. The molecule has 0 amide bonds. The Bertz CT molecular complexity index is 1000. The Morgan fingerprint density at radius 2 is 1.17 bits per heavy atom. The lowest BCUT2D eigenvalue weighted by Gasteiger charge is -2.08. The van der Waals surface area contributed by atoms with Crippen LogP contribution in [0.3, 0.4) is 0 Å². The summed E-state index contributed by atoms with van der Waals surface area (Å²) < 4.78 is 5.75. The molecule has 4 aromatic rings. The van der Waals surface area contributed by atoms with Crippen molar-refractivity contribution >= 4 is 47.3 Å². The van der Waals surface area contributed by atoms with E-state index < -0.39 is 0 Å². The van der Waals surface area contributed by atoms with Crippen molar-refractivity contribution in [2.24, 2.45) is 0 Å². The first-order chi connectivity index (χ1) is 11.2. The first kappa shape index (κ1) is 14.4. The Balaban J connectivity index is 1.85. The average molecular weight is 314 g/mol. The van der Waals surface area contributed by atoms with Gasteiger partial charge in [0.2, 0.25) is 0 Å². The third-order valence-corrected chi connectivity index (χ3v) is 5.21. The molecule has 4 aromatic carbocycles. The van der Waals surface area contributed by atoms with E-state index in [0.29, 0.717) is 9.76 Å². The summed E-state index contributed by atoms with van der Waals surface area (Å²) in [6, 6.07) is 24.3. The smallest absolute Gasteiger partial charge is 0.269 e. The summed E-state index contributed by atoms with van der Waals surface area (Å²) in [6.45, 7) is 4.15. The molecule has 0 N–H and O–H groups in total. The second-order valence-electron chi connectivity index (χ2n) is 6.23. The largest absolute Gasteiger partial charge is 0.409 e. The van der Waals surface area contributed by atoms with Crippen LogP contribution in [-0.4, -0.2) is 15.9 Å². The standard InChI is InChI=1S/C21H18OSi/c1-14(2)22-23-21-8-7-17-11-18-9-15-5-3-4-6-16(15)10-19(18)12-20(17)13-21/h3-14H,1-2H3. The van der Waals surface area contributed by atoms with Crippen LogP contribution >= 0.6 is 0 Å². The zero-order valence-corrected chi connectivity index (χ0v) is 14.3. The maximum Gasteiger partial charge on any atom is 0.269 e. The Kier molecular flexibility index (Phi) is 3.64. The summed E-state index contributed by atoms with van der Waals surface area (Å²) in [6.07, 6.45) is 0.270. The molecule has 0 saturated heterocycles. The van der Waals surface area contributed by atoms with E-state index >= 15 is 0 Å². The first-order valence-electron chi connectivity index (χ1n) is 7.97. The fraction of sp³-hybridized carbons (Fsp3) is 0.143. The molecular formula is C21H18OSi. The van der Waals surface area contributed by atoms with Crippen molar-refractivity contribution in [3.8, 4) is 0 Å². The van der Waals surface area contributed by atoms with Gasteiger partial charge in [0, 0.05) is 6.10 Å². The average Bonchev–Trinajstić information content (AvgIpc) is 2.56. The van der Waals surface area contributed by atoms with Crippen molar-refractivity contribution < 1.29 is 4.43 Å². The lowest BCUT2D eigenvalue weighted by molar-refractivity contribution is 0.260. The zero-order valence-electron chi connectivity index (χ0n) is 13.3. The molecule has 0 aliphatic heterocycles. The predicted molar refractivity (Wildman–Crippen MR) is 101 cm³/mol. The number of hydrogen-bond acceptors (Lipinski definition) is 1. The Morgan fingerprint density at radius 1 is 0.652 bits per heavy atom. The van der Waals surface area contributed by atoms with Crippen LogP contribution in [0, 0.1) is 0 Å². The van der Waals surface area contributed by atoms with E-state index in [1.807, 2.05) is 0 Å². The highest BCUT2D eigenvalue weighted by Crippen LogP contribution is 2.26. The van der Waals surface area contributed by atoms with Crippen molar-refractivity contribution in [2.45, 2.75) is 20.0 Å². The van der Waals surface area contributed by atoms with E-state index in [4.69, 9.17) is 4.43 Å². The van der Waals surface area contributed by atoms with Crippen molar-refractivity contribution in [3.05, 3.63) is 66.7 Å². The van der Waals surface area contributed by atoms with Crippen LogP contribution < -0.4 is 5.19 Å². The van der Waals surface area contributed by atoms with Crippen LogP contribution in [0.15, 0.2) is 66.7 Å². The van der Waals surface area contributed by atoms with Gasteiger partial charge < -0.3 is 4.43 Å². The summed E-state index contributed by atoms with van der Waals surface area (Å²) in [7, 11) is 0.410. The first-order valence-corrected chi connectivity index (χ1v) is 8.88. The number of hydrogen-bond donors (Lipinski definition) is 0. The van der Waals surface area contributed by atoms with E-state index in [2.05, 4.69) is 80.6 Å². The maximum atomic E-state index is 5.75. The summed E-state index contributed by atoms with van der Waals surface area (Å²) in [5.74, 6) is 0. The van der Waals surface area contributed by atoms with Gasteiger partial charge >= 0.3 is 0 Å². The summed E-state index contributed by atoms with van der Waals surface area (Å²) in [4.78, 5) is 0. The summed E-state index contributed by atoms with van der Waals surface area (Å²) in [5.41, 5.74) is 0. The van der Waals surface area contributed by atoms with Gasteiger partial charge in [-0.05, 0) is 75.6 Å². The normalized spacial score (nSPS) is 11.8.